The number of carbonyl (C=O) groups is 1. The SMILES string of the molecule is CCCCC[C@@H](O[Si](C)(C)C(C)(C)C)[C@H]1C(=O)O[C@H](C)[C@@H](O[Si](C)(C)C(C)(C)C)/C=C/C=C/C=C/C=C/C=C(\C)[C@@H](O[Si](C(C)C)(C(C)C)C(C)C)C[C@H]2C[C@@H](C[C@H]3C[C@@H](C[C@H]4C[C@@H]1OC(C)(C)O4)OC(C)(C)O3)OC(C)(C)O2. The van der Waals surface area contributed by atoms with Gasteiger partial charge in [-0.25, -0.2) is 0 Å². The van der Waals surface area contributed by atoms with Crippen LogP contribution in [-0.4, -0.2) is 109 Å². The number of cyclic esters (lactones) is 1. The number of hydrogen-bond acceptors (Lipinski definition) is 11. The summed E-state index contributed by atoms with van der Waals surface area (Å²) in [5.74, 6) is -3.72. The van der Waals surface area contributed by atoms with Crippen molar-refractivity contribution in [1.82, 2.24) is 0 Å². The van der Waals surface area contributed by atoms with Crippen LogP contribution < -0.4 is 0 Å². The second-order valence-corrected chi connectivity index (χ2v) is 44.2. The minimum atomic E-state index is -2.43. The van der Waals surface area contributed by atoms with Gasteiger partial charge in [0.05, 0.1) is 48.8 Å². The molecular formula is C65H118O11Si3. The van der Waals surface area contributed by atoms with Crippen molar-refractivity contribution in [2.45, 2.75) is 341 Å². The Labute approximate surface area is 486 Å². The van der Waals surface area contributed by atoms with Gasteiger partial charge in [-0.15, -0.1) is 0 Å². The van der Waals surface area contributed by atoms with E-state index in [-0.39, 0.29) is 52.7 Å². The van der Waals surface area contributed by atoms with Crippen LogP contribution in [0.3, 0.4) is 0 Å². The third-order valence-electron chi connectivity index (χ3n) is 18.1. The monoisotopic (exact) mass is 1160 g/mol. The van der Waals surface area contributed by atoms with Crippen LogP contribution in [0.1, 0.15) is 210 Å². The number of allylic oxidation sites excluding steroid dienone is 8. The molecule has 3 saturated heterocycles. The summed E-state index contributed by atoms with van der Waals surface area (Å²) in [4.78, 5) is 15.6. The first kappa shape index (κ1) is 70.0. The van der Waals surface area contributed by atoms with Crippen molar-refractivity contribution < 1.29 is 51.2 Å². The number of esters is 1. The molecule has 0 N–H and O–H groups in total. The summed E-state index contributed by atoms with van der Waals surface area (Å²) in [6.07, 6.45) is 23.1. The molecule has 456 valence electrons. The first-order valence-corrected chi connectivity index (χ1v) is 38.8. The Balaban J connectivity index is 1.88. The molecule has 11 nitrogen and oxygen atoms in total. The normalized spacial score (nSPS) is 33.0. The average Bonchev–Trinajstić information content (AvgIpc) is 3.26. The molecular weight excluding hydrogens is 1040 g/mol. The Hall–Kier alpha value is -1.54. The maximum Gasteiger partial charge on any atom is 0.314 e. The molecule has 0 radical (unpaired) electrons. The smallest absolute Gasteiger partial charge is 0.314 e. The average molecular weight is 1160 g/mol. The Morgan fingerprint density at radius 3 is 1.44 bits per heavy atom. The lowest BCUT2D eigenvalue weighted by Crippen LogP contribution is -2.56. The Kier molecular flexibility index (Phi) is 25.3. The molecule has 3 fully saturated rings. The molecule has 0 unspecified atom stereocenters. The van der Waals surface area contributed by atoms with Gasteiger partial charge in [-0.1, -0.05) is 164 Å². The van der Waals surface area contributed by atoms with Gasteiger partial charge in [0, 0.05) is 38.5 Å². The lowest BCUT2D eigenvalue weighted by Gasteiger charge is -2.49. The fourth-order valence-electron chi connectivity index (χ4n) is 12.3. The Morgan fingerprint density at radius 1 is 0.582 bits per heavy atom. The highest BCUT2D eigenvalue weighted by Crippen LogP contribution is 2.47. The summed E-state index contributed by atoms with van der Waals surface area (Å²) in [7, 11) is -7.08. The van der Waals surface area contributed by atoms with E-state index in [1.54, 1.807) is 0 Å². The molecule has 79 heavy (non-hydrogen) atoms. The molecule has 0 aliphatic carbocycles. The fraction of sp³-hybridized carbons (Fsp3) is 0.831. The van der Waals surface area contributed by atoms with Gasteiger partial charge in [0.15, 0.2) is 34.0 Å². The zero-order valence-corrected chi connectivity index (χ0v) is 57.8. The molecule has 0 saturated carbocycles. The number of unbranched alkanes of at least 4 members (excludes halogenated alkanes) is 2. The van der Waals surface area contributed by atoms with Crippen molar-refractivity contribution in [3.63, 3.8) is 0 Å². The van der Waals surface area contributed by atoms with E-state index in [1.807, 2.05) is 84.9 Å². The molecule has 6 bridgehead atoms. The molecule has 14 heteroatoms. The molecule has 11 atom stereocenters. The van der Waals surface area contributed by atoms with Crippen LogP contribution in [0.5, 0.6) is 0 Å². The van der Waals surface area contributed by atoms with E-state index in [9.17, 15) is 0 Å². The summed E-state index contributed by atoms with van der Waals surface area (Å²) in [6, 6.07) is 0. The van der Waals surface area contributed by atoms with Crippen LogP contribution in [0, 0.1) is 5.92 Å². The number of rotatable bonds is 14. The molecule has 0 aromatic carbocycles. The highest BCUT2D eigenvalue weighted by atomic mass is 28.4. The molecule has 4 aliphatic heterocycles. The molecule has 4 heterocycles. The van der Waals surface area contributed by atoms with Gasteiger partial charge in [0.2, 0.25) is 8.32 Å². The third-order valence-corrected chi connectivity index (χ3v) is 33.2. The molecule has 0 spiro atoms. The van der Waals surface area contributed by atoms with E-state index in [0.717, 1.165) is 32.1 Å². The first-order chi connectivity index (χ1) is 36.2. The summed E-state index contributed by atoms with van der Waals surface area (Å²) < 4.78 is 70.1. The predicted molar refractivity (Wildman–Crippen MR) is 333 cm³/mol. The van der Waals surface area contributed by atoms with Crippen molar-refractivity contribution in [2.75, 3.05) is 0 Å². The van der Waals surface area contributed by atoms with E-state index in [2.05, 4.69) is 141 Å². The molecule has 0 amide bonds. The van der Waals surface area contributed by atoms with Gasteiger partial charge in [-0.05, 0) is 120 Å². The lowest BCUT2D eigenvalue weighted by molar-refractivity contribution is -0.337. The topological polar surface area (TPSA) is 109 Å². The van der Waals surface area contributed by atoms with Crippen molar-refractivity contribution >= 4 is 30.9 Å². The van der Waals surface area contributed by atoms with Crippen LogP contribution in [-0.2, 0) is 51.2 Å². The van der Waals surface area contributed by atoms with Crippen molar-refractivity contribution in [1.29, 1.82) is 0 Å². The number of hydrogen-bond donors (Lipinski definition) is 0. The number of carbonyl (C=O) groups excluding carboxylic acids is 1. The van der Waals surface area contributed by atoms with Crippen LogP contribution in [0.25, 0.3) is 0 Å². The fourth-order valence-corrected chi connectivity index (χ4v) is 20.6. The van der Waals surface area contributed by atoms with Crippen molar-refractivity contribution in [3.8, 4) is 0 Å². The zero-order chi connectivity index (χ0) is 59.7. The molecule has 0 aromatic rings. The second-order valence-electron chi connectivity index (χ2n) is 29.3. The van der Waals surface area contributed by atoms with Crippen LogP contribution in [0.15, 0.2) is 60.3 Å². The van der Waals surface area contributed by atoms with E-state index in [4.69, 9.17) is 46.4 Å². The predicted octanol–water partition coefficient (Wildman–Crippen LogP) is 17.5. The van der Waals surface area contributed by atoms with Crippen LogP contribution >= 0.6 is 0 Å². The largest absolute Gasteiger partial charge is 0.459 e. The highest BCUT2D eigenvalue weighted by molar-refractivity contribution is 6.77. The van der Waals surface area contributed by atoms with Crippen LogP contribution in [0.4, 0.5) is 0 Å². The van der Waals surface area contributed by atoms with E-state index in [1.165, 1.54) is 5.57 Å². The maximum atomic E-state index is 15.6. The number of fused-ring (bicyclic) bond motifs is 6. The van der Waals surface area contributed by atoms with Gasteiger partial charge < -0.3 is 46.4 Å². The van der Waals surface area contributed by atoms with Crippen molar-refractivity contribution in [2.24, 2.45) is 5.92 Å². The highest BCUT2D eigenvalue weighted by Gasteiger charge is 2.52. The van der Waals surface area contributed by atoms with Gasteiger partial charge in [0.25, 0.3) is 0 Å². The lowest BCUT2D eigenvalue weighted by atomic mass is 9.86. The quantitative estimate of drug-likeness (QED) is 0.0942. The standard InChI is InChI=1S/C65H118O11Si3/c1-26-27-33-38-56(75-78(24,25)62(13,14)15)59-58-44-54(72-65(20,21)73-58)42-52-40-50(68-63(16,17)69-52)39-51-41-53(71-64(18,19)70-51)43-57(76-79(45(2)3,46(4)5)47(6)7)48(8)36-34-31-29-28-30-32-35-37-55(49(9)67-60(59)66)74-77(22,23)61(10,11)12/h28-32,34-37,45-47,49-59H,26-27,33,38-44H2,1-25H3/b29-28+,32-30+,34-31+,37-35+,48-36+/t49-,50+,51-,52+,53-,54+,55+,56-,57+,58+,59-/m1/s1. The van der Waals surface area contributed by atoms with Gasteiger partial charge in [-0.3, -0.25) is 4.79 Å². The van der Waals surface area contributed by atoms with E-state index >= 15 is 4.79 Å². The molecule has 4 aliphatic rings. The summed E-state index contributed by atoms with van der Waals surface area (Å²) in [6.45, 7) is 55.1. The summed E-state index contributed by atoms with van der Waals surface area (Å²) in [5.41, 5.74) is 2.47. The third kappa shape index (κ3) is 20.3. The zero-order valence-electron chi connectivity index (χ0n) is 54.8. The summed E-state index contributed by atoms with van der Waals surface area (Å²) >= 11 is 0. The van der Waals surface area contributed by atoms with E-state index < -0.39 is 72.6 Å². The Morgan fingerprint density at radius 2 is 1.00 bits per heavy atom. The van der Waals surface area contributed by atoms with Gasteiger partial charge in [-0.2, -0.15) is 0 Å². The maximum absolute atomic E-state index is 15.6. The van der Waals surface area contributed by atoms with Crippen molar-refractivity contribution in [3.05, 3.63) is 60.3 Å². The van der Waals surface area contributed by atoms with Gasteiger partial charge in [0.1, 0.15) is 18.1 Å². The first-order valence-electron chi connectivity index (χ1n) is 30.9. The Bertz CT molecular complexity index is 2030. The summed E-state index contributed by atoms with van der Waals surface area (Å²) in [5, 5.41) is -0.170. The number of ether oxygens (including phenoxy) is 7. The van der Waals surface area contributed by atoms with Crippen LogP contribution in [0.2, 0.25) is 52.9 Å². The molecule has 0 aromatic heterocycles. The van der Waals surface area contributed by atoms with Gasteiger partial charge >= 0.3 is 5.97 Å². The minimum absolute atomic E-state index is 0.0762. The van der Waals surface area contributed by atoms with E-state index in [0.29, 0.717) is 48.7 Å². The minimum Gasteiger partial charge on any atom is -0.459 e. The second kappa shape index (κ2) is 28.6. The molecule has 4 rings (SSSR count).